The molecule has 1 aliphatic rings. The molecule has 0 bridgehead atoms. The van der Waals surface area contributed by atoms with E-state index in [4.69, 9.17) is 0 Å². The number of hydrogen-bond donors (Lipinski definition) is 1. The van der Waals surface area contributed by atoms with E-state index < -0.39 is 10.0 Å². The molecule has 0 atom stereocenters. The van der Waals surface area contributed by atoms with Gasteiger partial charge in [0, 0.05) is 13.6 Å². The largest absolute Gasteiger partial charge is 0.317 e. The summed E-state index contributed by atoms with van der Waals surface area (Å²) < 4.78 is 26.8. The smallest absolute Gasteiger partial charge is 0.243 e. The van der Waals surface area contributed by atoms with Crippen molar-refractivity contribution in [2.75, 3.05) is 26.7 Å². The van der Waals surface area contributed by atoms with Crippen LogP contribution in [0.25, 0.3) is 0 Å². The zero-order chi connectivity index (χ0) is 15.5. The maximum atomic E-state index is 12.7. The van der Waals surface area contributed by atoms with Crippen molar-refractivity contribution >= 4 is 10.0 Å². The predicted octanol–water partition coefficient (Wildman–Crippen LogP) is 2.31. The first-order valence-corrected chi connectivity index (χ1v) is 9.09. The molecule has 0 amide bonds. The second-order valence-electron chi connectivity index (χ2n) is 6.08. The molecule has 1 N–H and O–H groups in total. The summed E-state index contributed by atoms with van der Waals surface area (Å²) in [6.45, 7) is 6.54. The number of piperidine rings is 1. The fourth-order valence-corrected chi connectivity index (χ4v) is 4.30. The molecule has 0 unspecified atom stereocenters. The van der Waals surface area contributed by atoms with Crippen molar-refractivity contribution in [3.63, 3.8) is 0 Å². The molecular formula is C16H26N2O2S. The van der Waals surface area contributed by atoms with E-state index >= 15 is 0 Å². The molecule has 1 saturated heterocycles. The number of rotatable bonds is 5. The molecule has 5 heteroatoms. The van der Waals surface area contributed by atoms with E-state index in [0.29, 0.717) is 17.4 Å². The van der Waals surface area contributed by atoms with Gasteiger partial charge in [-0.1, -0.05) is 17.7 Å². The lowest BCUT2D eigenvalue weighted by Crippen LogP contribution is -2.33. The summed E-state index contributed by atoms with van der Waals surface area (Å²) in [6, 6.07) is 5.51. The molecule has 0 aliphatic carbocycles. The third-order valence-electron chi connectivity index (χ3n) is 4.33. The number of aryl methyl sites for hydroxylation is 2. The Bertz CT molecular complexity index is 578. The van der Waals surface area contributed by atoms with Gasteiger partial charge in [-0.3, -0.25) is 0 Å². The summed E-state index contributed by atoms with van der Waals surface area (Å²) in [6.07, 6.45) is 3.25. The Hall–Kier alpha value is -0.910. The van der Waals surface area contributed by atoms with Crippen molar-refractivity contribution < 1.29 is 8.42 Å². The van der Waals surface area contributed by atoms with Gasteiger partial charge in [0.25, 0.3) is 0 Å². The monoisotopic (exact) mass is 310 g/mol. The molecule has 118 valence electrons. The Morgan fingerprint density at radius 2 is 1.90 bits per heavy atom. The molecule has 1 aromatic carbocycles. The van der Waals surface area contributed by atoms with Gasteiger partial charge < -0.3 is 5.32 Å². The summed E-state index contributed by atoms with van der Waals surface area (Å²) >= 11 is 0. The van der Waals surface area contributed by atoms with Crippen LogP contribution in [0.2, 0.25) is 0 Å². The zero-order valence-electron chi connectivity index (χ0n) is 13.2. The lowest BCUT2D eigenvalue weighted by molar-refractivity contribution is 0.326. The first kappa shape index (κ1) is 16.5. The van der Waals surface area contributed by atoms with Crippen LogP contribution in [0.15, 0.2) is 23.1 Å². The Labute approximate surface area is 128 Å². The van der Waals surface area contributed by atoms with Gasteiger partial charge in [0.15, 0.2) is 0 Å². The highest BCUT2D eigenvalue weighted by molar-refractivity contribution is 7.89. The summed E-state index contributed by atoms with van der Waals surface area (Å²) in [5.74, 6) is 0.642. The van der Waals surface area contributed by atoms with Crippen molar-refractivity contribution in [3.05, 3.63) is 29.3 Å². The van der Waals surface area contributed by atoms with E-state index in [1.54, 1.807) is 13.1 Å². The first-order valence-electron chi connectivity index (χ1n) is 7.65. The molecular weight excluding hydrogens is 284 g/mol. The number of hydrogen-bond acceptors (Lipinski definition) is 3. The molecule has 1 aromatic rings. The maximum Gasteiger partial charge on any atom is 0.243 e. The molecule has 0 radical (unpaired) electrons. The zero-order valence-corrected chi connectivity index (χ0v) is 14.0. The van der Waals surface area contributed by atoms with E-state index in [0.717, 1.165) is 43.5 Å². The second-order valence-corrected chi connectivity index (χ2v) is 8.09. The van der Waals surface area contributed by atoms with Gasteiger partial charge in [0.2, 0.25) is 10.0 Å². The van der Waals surface area contributed by atoms with Gasteiger partial charge in [-0.05, 0) is 63.7 Å². The van der Waals surface area contributed by atoms with Crippen molar-refractivity contribution in [2.45, 2.75) is 38.0 Å². The van der Waals surface area contributed by atoms with Gasteiger partial charge in [0.1, 0.15) is 0 Å². The van der Waals surface area contributed by atoms with Gasteiger partial charge >= 0.3 is 0 Å². The second kappa shape index (κ2) is 6.90. The Kier molecular flexibility index (Phi) is 5.41. The Morgan fingerprint density at radius 3 is 2.52 bits per heavy atom. The van der Waals surface area contributed by atoms with Crippen LogP contribution >= 0.6 is 0 Å². The van der Waals surface area contributed by atoms with Crippen molar-refractivity contribution in [2.24, 2.45) is 5.92 Å². The summed E-state index contributed by atoms with van der Waals surface area (Å²) in [5, 5.41) is 3.34. The normalized spacial score (nSPS) is 17.3. The molecule has 2 rings (SSSR count). The third-order valence-corrected chi connectivity index (χ3v) is 6.35. The summed E-state index contributed by atoms with van der Waals surface area (Å²) in [7, 11) is -1.68. The van der Waals surface area contributed by atoms with Crippen LogP contribution in [0.3, 0.4) is 0 Å². The number of nitrogens with zero attached hydrogens (tertiary/aromatic N) is 1. The third kappa shape index (κ3) is 4.05. The quantitative estimate of drug-likeness (QED) is 0.908. The van der Waals surface area contributed by atoms with E-state index in [2.05, 4.69) is 5.32 Å². The Balaban J connectivity index is 2.04. The fraction of sp³-hybridized carbons (Fsp3) is 0.625. The molecule has 21 heavy (non-hydrogen) atoms. The van der Waals surface area contributed by atoms with Gasteiger partial charge in [-0.2, -0.15) is 0 Å². The van der Waals surface area contributed by atoms with Crippen LogP contribution in [0.1, 0.15) is 30.4 Å². The summed E-state index contributed by atoms with van der Waals surface area (Å²) in [4.78, 5) is 0.431. The highest BCUT2D eigenvalue weighted by Gasteiger charge is 2.23. The lowest BCUT2D eigenvalue weighted by atomic mass is 9.95. The van der Waals surface area contributed by atoms with Crippen molar-refractivity contribution in [1.29, 1.82) is 0 Å². The standard InChI is InChI=1S/C16H26N2O2S/c1-13-4-5-16(14(2)12-13)21(19,20)18(3)11-8-15-6-9-17-10-7-15/h4-5,12,15,17H,6-11H2,1-3H3. The molecule has 0 spiro atoms. The first-order chi connectivity index (χ1) is 9.91. The van der Waals surface area contributed by atoms with Crippen molar-refractivity contribution in [1.82, 2.24) is 9.62 Å². The van der Waals surface area contributed by atoms with E-state index in [1.165, 1.54) is 4.31 Å². The van der Waals surface area contributed by atoms with E-state index in [1.807, 2.05) is 26.0 Å². The topological polar surface area (TPSA) is 49.4 Å². The minimum Gasteiger partial charge on any atom is -0.317 e. The van der Waals surface area contributed by atoms with Gasteiger partial charge in [0.05, 0.1) is 4.90 Å². The molecule has 1 aliphatic heterocycles. The van der Waals surface area contributed by atoms with Crippen LogP contribution in [-0.4, -0.2) is 39.4 Å². The van der Waals surface area contributed by atoms with E-state index in [9.17, 15) is 8.42 Å². The van der Waals surface area contributed by atoms with Crippen LogP contribution in [0, 0.1) is 19.8 Å². The number of sulfonamides is 1. The highest BCUT2D eigenvalue weighted by Crippen LogP contribution is 2.22. The van der Waals surface area contributed by atoms with Crippen LogP contribution in [0.5, 0.6) is 0 Å². The minimum absolute atomic E-state index is 0.431. The SMILES string of the molecule is Cc1ccc(S(=O)(=O)N(C)CCC2CCNCC2)c(C)c1. The van der Waals surface area contributed by atoms with E-state index in [-0.39, 0.29) is 0 Å². The average Bonchev–Trinajstić information content (AvgIpc) is 2.45. The summed E-state index contributed by atoms with van der Waals surface area (Å²) in [5.41, 5.74) is 1.91. The predicted molar refractivity (Wildman–Crippen MR) is 85.9 cm³/mol. The van der Waals surface area contributed by atoms with Crippen LogP contribution < -0.4 is 5.32 Å². The molecule has 0 saturated carbocycles. The molecule has 4 nitrogen and oxygen atoms in total. The van der Waals surface area contributed by atoms with Crippen LogP contribution in [0.4, 0.5) is 0 Å². The highest BCUT2D eigenvalue weighted by atomic mass is 32.2. The number of benzene rings is 1. The number of nitrogens with one attached hydrogen (secondary N) is 1. The molecule has 0 aromatic heterocycles. The van der Waals surface area contributed by atoms with Crippen LogP contribution in [-0.2, 0) is 10.0 Å². The molecule has 1 heterocycles. The fourth-order valence-electron chi connectivity index (χ4n) is 2.91. The minimum atomic E-state index is -3.37. The van der Waals surface area contributed by atoms with Gasteiger partial charge in [-0.15, -0.1) is 0 Å². The maximum absolute atomic E-state index is 12.7. The molecule has 1 fully saturated rings. The lowest BCUT2D eigenvalue weighted by Gasteiger charge is -2.25. The Morgan fingerprint density at radius 1 is 1.24 bits per heavy atom. The van der Waals surface area contributed by atoms with Gasteiger partial charge in [-0.25, -0.2) is 12.7 Å². The average molecular weight is 310 g/mol. The van der Waals surface area contributed by atoms with Crippen molar-refractivity contribution in [3.8, 4) is 0 Å².